The minimum Gasteiger partial charge on any atom is -0.398 e. The van der Waals surface area contributed by atoms with Crippen LogP contribution >= 0.6 is 12.0 Å². The van der Waals surface area contributed by atoms with Crippen molar-refractivity contribution in [3.63, 3.8) is 0 Å². The van der Waals surface area contributed by atoms with Crippen LogP contribution in [0.1, 0.15) is 5.56 Å². The summed E-state index contributed by atoms with van der Waals surface area (Å²) < 4.78 is 8.54. The van der Waals surface area contributed by atoms with Crippen LogP contribution in [0.5, 0.6) is 0 Å². The molecule has 0 bridgehead atoms. The predicted octanol–water partition coefficient (Wildman–Crippen LogP) is 1.96. The topological polar surface area (TPSA) is 46.2 Å². The lowest BCUT2D eigenvalue weighted by atomic mass is 10.3. The number of rotatable bonds is 2. The molecule has 0 aromatic carbocycles. The second kappa shape index (κ2) is 1.90. The lowest BCUT2D eigenvalue weighted by Crippen LogP contribution is -1.78. The maximum atomic E-state index is 8.54. The van der Waals surface area contributed by atoms with Gasteiger partial charge in [-0.1, -0.05) is 0 Å². The van der Waals surface area contributed by atoms with Crippen LogP contribution in [0.25, 0.3) is 11.1 Å². The quantitative estimate of drug-likeness (QED) is 0.512. The highest BCUT2D eigenvalue weighted by atomic mass is 32.2. The molecular weight excluding hydrogens is 146 g/mol. The van der Waals surface area contributed by atoms with Crippen molar-refractivity contribution in [1.29, 1.82) is 0 Å². The van der Waals surface area contributed by atoms with Crippen molar-refractivity contribution in [3.05, 3.63) is 17.7 Å². The van der Waals surface area contributed by atoms with Crippen molar-refractivity contribution in [3.8, 4) is 11.1 Å². The molecule has 0 heterocycles. The van der Waals surface area contributed by atoms with Gasteiger partial charge in [0.1, 0.15) is 0 Å². The van der Waals surface area contributed by atoms with Crippen molar-refractivity contribution in [2.45, 2.75) is 5.75 Å². The van der Waals surface area contributed by atoms with Gasteiger partial charge in [-0.2, -0.15) is 0 Å². The third-order valence-corrected chi connectivity index (χ3v) is 2.14. The molecule has 52 valence electrons. The summed E-state index contributed by atoms with van der Waals surface area (Å²) in [6, 6.07) is 3.97. The maximum Gasteiger partial charge on any atom is 0.0453 e. The molecule has 0 radical (unpaired) electrons. The van der Waals surface area contributed by atoms with E-state index >= 15 is 0 Å². The van der Waals surface area contributed by atoms with E-state index in [-0.39, 0.29) is 0 Å². The summed E-state index contributed by atoms with van der Waals surface area (Å²) in [6.45, 7) is 0. The van der Waals surface area contributed by atoms with Gasteiger partial charge in [-0.15, -0.1) is 0 Å². The Bertz CT molecular complexity index is 285. The molecule has 2 aliphatic carbocycles. The molecule has 0 aromatic rings. The van der Waals surface area contributed by atoms with Gasteiger partial charge in [-0.3, -0.25) is 0 Å². The zero-order valence-corrected chi connectivity index (χ0v) is 6.11. The molecule has 0 aromatic heterocycles. The van der Waals surface area contributed by atoms with Crippen LogP contribution in [-0.2, 0) is 5.75 Å². The maximum absolute atomic E-state index is 8.54. The molecule has 0 fully saturated rings. The monoisotopic (exact) mass is 153 g/mol. The van der Waals surface area contributed by atoms with Gasteiger partial charge in [-0.05, 0) is 35.3 Å². The van der Waals surface area contributed by atoms with Crippen molar-refractivity contribution in [1.82, 2.24) is 0 Å². The molecule has 2 nitrogen and oxygen atoms in total. The third kappa shape index (κ3) is 0.711. The summed E-state index contributed by atoms with van der Waals surface area (Å²) in [6.07, 6.45) is 0. The van der Waals surface area contributed by atoms with Gasteiger partial charge in [-0.25, -0.2) is 0 Å². The van der Waals surface area contributed by atoms with Crippen LogP contribution in [0, 0.1) is 0 Å². The second-order valence-corrected chi connectivity index (χ2v) is 2.92. The SMILES string of the molecule is Nc1cc(CSO)c2cc1-2. The summed E-state index contributed by atoms with van der Waals surface area (Å²) in [7, 11) is 0. The van der Waals surface area contributed by atoms with Crippen molar-refractivity contribution >= 4 is 17.7 Å². The Hall–Kier alpha value is -0.670. The van der Waals surface area contributed by atoms with E-state index < -0.39 is 0 Å². The highest BCUT2D eigenvalue weighted by molar-refractivity contribution is 7.92. The highest BCUT2D eigenvalue weighted by Gasteiger charge is 2.21. The van der Waals surface area contributed by atoms with Gasteiger partial charge >= 0.3 is 0 Å². The zero-order chi connectivity index (χ0) is 7.14. The largest absolute Gasteiger partial charge is 0.398 e. The van der Waals surface area contributed by atoms with Crippen LogP contribution in [0.3, 0.4) is 0 Å². The van der Waals surface area contributed by atoms with E-state index in [4.69, 9.17) is 10.3 Å². The number of nitrogens with two attached hydrogens (primary N) is 1. The minimum absolute atomic E-state index is 0.649. The molecular formula is C7H7NOS. The average molecular weight is 153 g/mol. The fraction of sp³-hybridized carbons (Fsp3) is 0.143. The number of anilines is 1. The van der Waals surface area contributed by atoms with Gasteiger partial charge in [0, 0.05) is 17.0 Å². The summed E-state index contributed by atoms with van der Waals surface area (Å²) in [5.41, 5.74) is 10.0. The fourth-order valence-electron chi connectivity index (χ4n) is 1.14. The van der Waals surface area contributed by atoms with E-state index in [2.05, 4.69) is 0 Å². The van der Waals surface area contributed by atoms with E-state index in [1.807, 2.05) is 12.1 Å². The Kier molecular flexibility index (Phi) is 1.16. The Morgan fingerprint density at radius 2 is 2.20 bits per heavy atom. The van der Waals surface area contributed by atoms with E-state index in [0.717, 1.165) is 23.3 Å². The molecule has 0 saturated heterocycles. The molecule has 10 heavy (non-hydrogen) atoms. The lowest BCUT2D eigenvalue weighted by molar-refractivity contribution is 0.663. The Morgan fingerprint density at radius 1 is 1.40 bits per heavy atom. The molecule has 0 saturated carbocycles. The molecule has 2 aliphatic rings. The third-order valence-electron chi connectivity index (χ3n) is 1.70. The number of nitrogen functional groups attached to an aromatic ring is 1. The van der Waals surface area contributed by atoms with Crippen LogP contribution < -0.4 is 5.73 Å². The summed E-state index contributed by atoms with van der Waals surface area (Å²) >= 11 is 0.840. The summed E-state index contributed by atoms with van der Waals surface area (Å²) in [5, 5.41) is 0. The minimum atomic E-state index is 0.649. The predicted molar refractivity (Wildman–Crippen MR) is 43.8 cm³/mol. The molecule has 3 heteroatoms. The van der Waals surface area contributed by atoms with Crippen LogP contribution in [0.2, 0.25) is 0 Å². The lowest BCUT2D eigenvalue weighted by Gasteiger charge is -1.88. The van der Waals surface area contributed by atoms with Crippen LogP contribution in [-0.4, -0.2) is 4.55 Å². The number of hydrogen-bond acceptors (Lipinski definition) is 3. The highest BCUT2D eigenvalue weighted by Crippen LogP contribution is 2.45. The Morgan fingerprint density at radius 3 is 2.60 bits per heavy atom. The normalized spacial score (nSPS) is 11.7. The van der Waals surface area contributed by atoms with E-state index in [1.54, 1.807) is 0 Å². The standard InChI is InChI=1S/C7H7NOS/c8-7-1-4(3-10-9)5-2-6(5)7/h1-2,9H,3,8H2. The first kappa shape index (κ1) is 6.07. The van der Waals surface area contributed by atoms with Gasteiger partial charge in [0.25, 0.3) is 0 Å². The average Bonchev–Trinajstić information content (AvgIpc) is 2.59. The van der Waals surface area contributed by atoms with Crippen molar-refractivity contribution < 1.29 is 4.55 Å². The van der Waals surface area contributed by atoms with Gasteiger partial charge < -0.3 is 10.3 Å². The number of hydrogen-bond donors (Lipinski definition) is 2. The molecule has 3 N–H and O–H groups in total. The Balaban J connectivity index is 2.28. The van der Waals surface area contributed by atoms with E-state index in [0.29, 0.717) is 5.75 Å². The fourth-order valence-corrected chi connectivity index (χ4v) is 1.52. The molecule has 0 unspecified atom stereocenters. The first-order valence-electron chi connectivity index (χ1n) is 3.02. The summed E-state index contributed by atoms with van der Waals surface area (Å²) in [4.78, 5) is 0. The van der Waals surface area contributed by atoms with Crippen molar-refractivity contribution in [2.75, 3.05) is 5.73 Å². The number of fused-ring (bicyclic) bond motifs is 1. The molecule has 2 rings (SSSR count). The summed E-state index contributed by atoms with van der Waals surface area (Å²) in [5.74, 6) is 0.649. The van der Waals surface area contributed by atoms with Crippen molar-refractivity contribution in [2.24, 2.45) is 0 Å². The second-order valence-electron chi connectivity index (χ2n) is 2.37. The smallest absolute Gasteiger partial charge is 0.0453 e. The molecule has 0 atom stereocenters. The van der Waals surface area contributed by atoms with Gasteiger partial charge in [0.05, 0.1) is 0 Å². The number of benzene rings is 1. The Labute approximate surface area is 63.3 Å². The van der Waals surface area contributed by atoms with E-state index in [1.165, 1.54) is 11.1 Å². The van der Waals surface area contributed by atoms with Gasteiger partial charge in [0.15, 0.2) is 0 Å². The van der Waals surface area contributed by atoms with Crippen LogP contribution in [0.4, 0.5) is 5.69 Å². The first-order valence-corrected chi connectivity index (χ1v) is 3.96. The molecule has 0 spiro atoms. The molecule has 0 aliphatic heterocycles. The molecule has 0 amide bonds. The first-order chi connectivity index (χ1) is 4.83. The van der Waals surface area contributed by atoms with E-state index in [9.17, 15) is 0 Å². The van der Waals surface area contributed by atoms with Gasteiger partial charge in [0.2, 0.25) is 0 Å². The van der Waals surface area contributed by atoms with Crippen LogP contribution in [0.15, 0.2) is 12.1 Å². The zero-order valence-electron chi connectivity index (χ0n) is 5.29.